The molecule has 0 aliphatic heterocycles. The van der Waals surface area contributed by atoms with E-state index in [0.29, 0.717) is 28.7 Å². The number of nitrogens with zero attached hydrogens (tertiary/aromatic N) is 3. The predicted molar refractivity (Wildman–Crippen MR) is 116 cm³/mol. The number of hydrogen-bond acceptors (Lipinski definition) is 4. The summed E-state index contributed by atoms with van der Waals surface area (Å²) in [6.45, 7) is 4.49. The summed E-state index contributed by atoms with van der Waals surface area (Å²) in [5.41, 5.74) is 5.72. The Morgan fingerprint density at radius 1 is 1.07 bits per heavy atom. The van der Waals surface area contributed by atoms with E-state index in [-0.39, 0.29) is 11.9 Å². The average Bonchev–Trinajstić information content (AvgIpc) is 3.18. The van der Waals surface area contributed by atoms with Gasteiger partial charge in [0.05, 0.1) is 18.2 Å². The molecule has 4 rings (SSSR count). The van der Waals surface area contributed by atoms with Gasteiger partial charge in [0.1, 0.15) is 17.3 Å². The molecule has 1 N–H and O–H groups in total. The van der Waals surface area contributed by atoms with E-state index in [2.05, 4.69) is 39.9 Å². The Hall–Kier alpha value is -3.80. The van der Waals surface area contributed by atoms with E-state index in [9.17, 15) is 9.59 Å². The zero-order valence-corrected chi connectivity index (χ0v) is 16.9. The van der Waals surface area contributed by atoms with E-state index >= 15 is 0 Å². The number of fused-ring (bicyclic) bond motifs is 1. The van der Waals surface area contributed by atoms with Gasteiger partial charge in [0.15, 0.2) is 0 Å². The second-order valence-electron chi connectivity index (χ2n) is 7.39. The third kappa shape index (κ3) is 3.98. The number of hydrogen-bond donors (Lipinski definition) is 1. The summed E-state index contributed by atoms with van der Waals surface area (Å²) >= 11 is 0. The van der Waals surface area contributed by atoms with Gasteiger partial charge in [-0.05, 0) is 37.1 Å². The summed E-state index contributed by atoms with van der Waals surface area (Å²) in [4.78, 5) is 23.9. The topological polar surface area (TPSA) is 76.9 Å². The molecule has 4 aromatic rings. The van der Waals surface area contributed by atoms with Gasteiger partial charge in [-0.1, -0.05) is 65.4 Å². The molecule has 0 radical (unpaired) electrons. The summed E-state index contributed by atoms with van der Waals surface area (Å²) in [6, 6.07) is 20.6. The monoisotopic (exact) mass is 398 g/mol. The van der Waals surface area contributed by atoms with E-state index in [0.717, 1.165) is 17.4 Å². The maximum absolute atomic E-state index is 13.1. The van der Waals surface area contributed by atoms with Crippen LogP contribution in [0.25, 0.3) is 11.0 Å². The van der Waals surface area contributed by atoms with Gasteiger partial charge in [-0.15, -0.1) is 5.10 Å². The van der Waals surface area contributed by atoms with Gasteiger partial charge in [-0.25, -0.2) is 4.68 Å². The van der Waals surface area contributed by atoms with Crippen molar-refractivity contribution in [2.24, 2.45) is 0 Å². The smallest absolute Gasteiger partial charge is 0.254 e. The van der Waals surface area contributed by atoms with Crippen molar-refractivity contribution in [1.82, 2.24) is 20.3 Å². The van der Waals surface area contributed by atoms with Gasteiger partial charge < -0.3 is 5.32 Å². The molecule has 1 atom stereocenters. The molecule has 0 aliphatic carbocycles. The van der Waals surface area contributed by atoms with Crippen LogP contribution in [-0.4, -0.2) is 27.2 Å². The van der Waals surface area contributed by atoms with E-state index < -0.39 is 0 Å². The number of para-hydroxylation sites is 1. The number of benzene rings is 3. The first-order chi connectivity index (χ1) is 14.5. The van der Waals surface area contributed by atoms with E-state index in [1.807, 2.05) is 38.1 Å². The Labute approximate surface area is 174 Å². The van der Waals surface area contributed by atoms with Crippen LogP contribution in [0.4, 0.5) is 0 Å². The lowest BCUT2D eigenvalue weighted by Gasteiger charge is -2.15. The summed E-state index contributed by atoms with van der Waals surface area (Å²) in [7, 11) is 0. The van der Waals surface area contributed by atoms with E-state index in [1.165, 1.54) is 5.56 Å². The third-order valence-corrected chi connectivity index (χ3v) is 5.15. The Balaban J connectivity index is 1.61. The van der Waals surface area contributed by atoms with Crippen molar-refractivity contribution in [3.05, 3.63) is 94.5 Å². The van der Waals surface area contributed by atoms with Crippen molar-refractivity contribution in [2.45, 2.75) is 26.4 Å². The quantitative estimate of drug-likeness (QED) is 0.496. The minimum absolute atomic E-state index is 0.194. The molecular formula is C24H22N4O2. The lowest BCUT2D eigenvalue weighted by molar-refractivity contribution is 0.0940. The molecule has 0 spiro atoms. The number of aldehydes is 1. The zero-order chi connectivity index (χ0) is 21.1. The van der Waals surface area contributed by atoms with Crippen LogP contribution >= 0.6 is 0 Å². The molecule has 0 saturated carbocycles. The highest BCUT2D eigenvalue weighted by Crippen LogP contribution is 2.20. The van der Waals surface area contributed by atoms with Gasteiger partial charge in [-0.3, -0.25) is 9.59 Å². The van der Waals surface area contributed by atoms with Gasteiger partial charge in [0.25, 0.3) is 5.91 Å². The minimum atomic E-state index is -0.213. The number of rotatable bonds is 6. The van der Waals surface area contributed by atoms with Crippen LogP contribution in [0.3, 0.4) is 0 Å². The molecule has 0 unspecified atom stereocenters. The number of amides is 1. The largest absolute Gasteiger partial charge is 0.345 e. The lowest BCUT2D eigenvalue weighted by Crippen LogP contribution is -2.27. The van der Waals surface area contributed by atoms with Crippen molar-refractivity contribution in [3.8, 4) is 0 Å². The fraction of sp³-hybridized carbons (Fsp3) is 0.167. The zero-order valence-electron chi connectivity index (χ0n) is 16.9. The molecule has 6 heteroatoms. The minimum Gasteiger partial charge on any atom is -0.345 e. The molecule has 0 fully saturated rings. The van der Waals surface area contributed by atoms with Crippen molar-refractivity contribution < 1.29 is 9.59 Å². The Bertz CT molecular complexity index is 1190. The Morgan fingerprint density at radius 2 is 1.80 bits per heavy atom. The molecule has 0 bridgehead atoms. The molecule has 1 amide bonds. The number of nitrogens with one attached hydrogen (secondary N) is 1. The standard InChI is InChI=1S/C24H22N4O2/c1-16-6-8-18(9-7-16)14-28-23-21(4-3-5-22(23)26-27-28)24(30)25-17(2)20-12-10-19(15-29)11-13-20/h3-13,15,17H,14H2,1-2H3,(H,25,30)/t17-/m0/s1. The van der Waals surface area contributed by atoms with Crippen LogP contribution in [-0.2, 0) is 6.54 Å². The molecule has 1 heterocycles. The Morgan fingerprint density at radius 3 is 2.50 bits per heavy atom. The highest BCUT2D eigenvalue weighted by molar-refractivity contribution is 6.05. The van der Waals surface area contributed by atoms with Crippen LogP contribution in [0, 0.1) is 6.92 Å². The Kier molecular flexibility index (Phi) is 5.39. The van der Waals surface area contributed by atoms with E-state index in [4.69, 9.17) is 0 Å². The number of aryl methyl sites for hydroxylation is 1. The summed E-state index contributed by atoms with van der Waals surface area (Å²) in [5, 5.41) is 11.5. The van der Waals surface area contributed by atoms with Crippen LogP contribution in [0.5, 0.6) is 0 Å². The number of carbonyl (C=O) groups is 2. The van der Waals surface area contributed by atoms with Crippen molar-refractivity contribution in [2.75, 3.05) is 0 Å². The average molecular weight is 398 g/mol. The normalized spacial score (nSPS) is 11.9. The molecule has 6 nitrogen and oxygen atoms in total. The van der Waals surface area contributed by atoms with Crippen LogP contribution in [0.1, 0.15) is 50.4 Å². The first kappa shape index (κ1) is 19.5. The van der Waals surface area contributed by atoms with Crippen LogP contribution < -0.4 is 5.32 Å². The first-order valence-corrected chi connectivity index (χ1v) is 9.79. The second kappa shape index (κ2) is 8.29. The van der Waals surface area contributed by atoms with Crippen molar-refractivity contribution >= 4 is 23.2 Å². The van der Waals surface area contributed by atoms with Gasteiger partial charge >= 0.3 is 0 Å². The molecule has 150 valence electrons. The highest BCUT2D eigenvalue weighted by Gasteiger charge is 2.18. The maximum atomic E-state index is 13.1. The summed E-state index contributed by atoms with van der Waals surface area (Å²) in [6.07, 6.45) is 0.802. The predicted octanol–water partition coefficient (Wildman–Crippen LogP) is 4.09. The van der Waals surface area contributed by atoms with Gasteiger partial charge in [-0.2, -0.15) is 0 Å². The fourth-order valence-corrected chi connectivity index (χ4v) is 3.41. The maximum Gasteiger partial charge on any atom is 0.254 e. The van der Waals surface area contributed by atoms with Gasteiger partial charge in [0, 0.05) is 5.56 Å². The van der Waals surface area contributed by atoms with Crippen molar-refractivity contribution in [1.29, 1.82) is 0 Å². The van der Waals surface area contributed by atoms with E-state index in [1.54, 1.807) is 22.9 Å². The SMILES string of the molecule is Cc1ccc(Cn2nnc3cccc(C(=O)N[C@@H](C)c4ccc(C=O)cc4)c32)cc1. The fourth-order valence-electron chi connectivity index (χ4n) is 3.41. The number of aromatic nitrogens is 3. The van der Waals surface area contributed by atoms with Crippen LogP contribution in [0.15, 0.2) is 66.7 Å². The number of carbonyl (C=O) groups excluding carboxylic acids is 2. The highest BCUT2D eigenvalue weighted by atomic mass is 16.1. The van der Waals surface area contributed by atoms with Crippen LogP contribution in [0.2, 0.25) is 0 Å². The molecular weight excluding hydrogens is 376 g/mol. The molecule has 1 aromatic heterocycles. The summed E-state index contributed by atoms with van der Waals surface area (Å²) < 4.78 is 1.76. The van der Waals surface area contributed by atoms with Gasteiger partial charge in [0.2, 0.25) is 0 Å². The molecule has 3 aromatic carbocycles. The lowest BCUT2D eigenvalue weighted by atomic mass is 10.1. The summed E-state index contributed by atoms with van der Waals surface area (Å²) in [5.74, 6) is -0.194. The first-order valence-electron chi connectivity index (χ1n) is 9.79. The molecule has 30 heavy (non-hydrogen) atoms. The molecule has 0 aliphatic rings. The van der Waals surface area contributed by atoms with Crippen molar-refractivity contribution in [3.63, 3.8) is 0 Å². The third-order valence-electron chi connectivity index (χ3n) is 5.15. The molecule has 0 saturated heterocycles. The second-order valence-corrected chi connectivity index (χ2v) is 7.39.